The van der Waals surface area contributed by atoms with Crippen LogP contribution >= 0.6 is 23.8 Å². The summed E-state index contributed by atoms with van der Waals surface area (Å²) < 4.78 is 0. The van der Waals surface area contributed by atoms with E-state index in [0.29, 0.717) is 27.6 Å². The molecular formula is C20H19ClN4O3S. The molecule has 1 unspecified atom stereocenters. The highest BCUT2D eigenvalue weighted by Crippen LogP contribution is 2.33. The highest BCUT2D eigenvalue weighted by Gasteiger charge is 2.31. The molecule has 0 radical (unpaired) electrons. The minimum absolute atomic E-state index is 0.0251. The Kier molecular flexibility index (Phi) is 5.86. The van der Waals surface area contributed by atoms with Gasteiger partial charge in [-0.15, -0.1) is 0 Å². The zero-order valence-electron chi connectivity index (χ0n) is 16.0. The van der Waals surface area contributed by atoms with Gasteiger partial charge in [0.15, 0.2) is 5.11 Å². The first-order chi connectivity index (χ1) is 13.7. The van der Waals surface area contributed by atoms with E-state index < -0.39 is 11.0 Å². The van der Waals surface area contributed by atoms with E-state index in [9.17, 15) is 14.9 Å². The summed E-state index contributed by atoms with van der Waals surface area (Å²) in [4.78, 5) is 23.8. The van der Waals surface area contributed by atoms with Crippen LogP contribution in [0, 0.1) is 24.0 Å². The van der Waals surface area contributed by atoms with E-state index >= 15 is 0 Å². The summed E-state index contributed by atoms with van der Waals surface area (Å²) in [6, 6.07) is 9.41. The quantitative estimate of drug-likeness (QED) is 0.380. The number of carbonyl (C=O) groups excluding carboxylic acids is 1. The number of carbonyl (C=O) groups is 1. The van der Waals surface area contributed by atoms with Crippen LogP contribution in [0.4, 0.5) is 11.4 Å². The van der Waals surface area contributed by atoms with Crippen molar-refractivity contribution in [2.24, 2.45) is 0 Å². The van der Waals surface area contributed by atoms with E-state index in [1.807, 2.05) is 32.0 Å². The first kappa shape index (κ1) is 20.8. The van der Waals surface area contributed by atoms with Crippen LogP contribution in [0.25, 0.3) is 0 Å². The van der Waals surface area contributed by atoms with Gasteiger partial charge < -0.3 is 16.0 Å². The zero-order valence-corrected chi connectivity index (χ0v) is 17.6. The highest BCUT2D eigenvalue weighted by molar-refractivity contribution is 7.80. The molecule has 2 aromatic carbocycles. The summed E-state index contributed by atoms with van der Waals surface area (Å²) in [5.41, 5.74) is 4.06. The largest absolute Gasteiger partial charge is 0.351 e. The van der Waals surface area contributed by atoms with Crippen LogP contribution < -0.4 is 16.0 Å². The maximum Gasteiger partial charge on any atom is 0.288 e. The summed E-state index contributed by atoms with van der Waals surface area (Å²) in [6.45, 7) is 5.69. The molecule has 1 amide bonds. The van der Waals surface area contributed by atoms with Gasteiger partial charge in [0, 0.05) is 17.5 Å². The predicted molar refractivity (Wildman–Crippen MR) is 117 cm³/mol. The Bertz CT molecular complexity index is 1070. The standard InChI is InChI=1S/C20H19ClN4O3S/c1-10-4-6-14(8-11(10)2)23-19(26)17-12(3)22-20(29)24-18(17)13-5-7-15(21)16(9-13)25(27)28/h4-9,18H,1-3H3,(H,23,26)(H2,22,24,29). The summed E-state index contributed by atoms with van der Waals surface area (Å²) in [6.07, 6.45) is 0. The second-order valence-electron chi connectivity index (χ2n) is 6.79. The van der Waals surface area contributed by atoms with Gasteiger partial charge in [-0.05, 0) is 67.9 Å². The van der Waals surface area contributed by atoms with Gasteiger partial charge in [-0.25, -0.2) is 0 Å². The number of nitro benzene ring substituents is 1. The molecule has 3 N–H and O–H groups in total. The van der Waals surface area contributed by atoms with Crippen molar-refractivity contribution in [3.63, 3.8) is 0 Å². The minimum Gasteiger partial charge on any atom is -0.351 e. The van der Waals surface area contributed by atoms with Crippen molar-refractivity contribution in [2.75, 3.05) is 5.32 Å². The molecule has 0 bridgehead atoms. The lowest BCUT2D eigenvalue weighted by Gasteiger charge is -2.30. The van der Waals surface area contributed by atoms with Crippen molar-refractivity contribution >= 4 is 46.2 Å². The maximum atomic E-state index is 13.1. The molecule has 1 atom stereocenters. The van der Waals surface area contributed by atoms with Crippen molar-refractivity contribution in [3.05, 3.63) is 79.5 Å². The Morgan fingerprint density at radius 2 is 1.90 bits per heavy atom. The molecule has 0 aromatic heterocycles. The lowest BCUT2D eigenvalue weighted by molar-refractivity contribution is -0.384. The number of amides is 1. The van der Waals surface area contributed by atoms with E-state index in [1.54, 1.807) is 13.0 Å². The average Bonchev–Trinajstić information content (AvgIpc) is 2.64. The average molecular weight is 431 g/mol. The van der Waals surface area contributed by atoms with Gasteiger partial charge in [0.1, 0.15) is 5.02 Å². The van der Waals surface area contributed by atoms with Crippen LogP contribution in [0.15, 0.2) is 47.7 Å². The number of nitro groups is 1. The molecule has 7 nitrogen and oxygen atoms in total. The number of rotatable bonds is 4. The number of hydrogen-bond acceptors (Lipinski definition) is 4. The lowest BCUT2D eigenvalue weighted by atomic mass is 9.94. The molecule has 3 rings (SSSR count). The molecule has 9 heteroatoms. The van der Waals surface area contributed by atoms with Gasteiger partial charge in [-0.3, -0.25) is 14.9 Å². The Morgan fingerprint density at radius 3 is 2.55 bits per heavy atom. The summed E-state index contributed by atoms with van der Waals surface area (Å²) >= 11 is 11.2. The molecule has 1 aliphatic rings. The van der Waals surface area contributed by atoms with Crippen molar-refractivity contribution in [3.8, 4) is 0 Å². The number of nitrogens with zero attached hydrogens (tertiary/aromatic N) is 1. The fraction of sp³-hybridized carbons (Fsp3) is 0.200. The summed E-state index contributed by atoms with van der Waals surface area (Å²) in [5, 5.41) is 20.5. The molecule has 0 fully saturated rings. The van der Waals surface area contributed by atoms with E-state index in [1.165, 1.54) is 12.1 Å². The molecule has 2 aromatic rings. The van der Waals surface area contributed by atoms with Crippen LogP contribution in [-0.4, -0.2) is 15.9 Å². The normalized spacial score (nSPS) is 16.1. The van der Waals surface area contributed by atoms with Crippen LogP contribution in [0.2, 0.25) is 5.02 Å². The van der Waals surface area contributed by atoms with E-state index in [0.717, 1.165) is 11.1 Å². The van der Waals surface area contributed by atoms with Crippen molar-refractivity contribution in [1.82, 2.24) is 10.6 Å². The number of aryl methyl sites for hydroxylation is 2. The molecule has 1 heterocycles. The first-order valence-corrected chi connectivity index (χ1v) is 9.56. The SMILES string of the molecule is CC1=C(C(=O)Nc2ccc(C)c(C)c2)C(c2ccc(Cl)c([N+](=O)[O-])c2)NC(=S)N1. The molecule has 29 heavy (non-hydrogen) atoms. The molecular weight excluding hydrogens is 412 g/mol. The third-order valence-corrected chi connectivity index (χ3v) is 5.32. The molecule has 0 spiro atoms. The summed E-state index contributed by atoms with van der Waals surface area (Å²) in [5.74, 6) is -0.337. The first-order valence-electron chi connectivity index (χ1n) is 8.78. The smallest absolute Gasteiger partial charge is 0.288 e. The van der Waals surface area contributed by atoms with Crippen LogP contribution in [-0.2, 0) is 4.79 Å². The number of allylic oxidation sites excluding steroid dienone is 1. The van der Waals surface area contributed by atoms with Crippen molar-refractivity contribution < 1.29 is 9.72 Å². The number of anilines is 1. The monoisotopic (exact) mass is 430 g/mol. The molecule has 0 saturated heterocycles. The number of nitrogens with one attached hydrogen (secondary N) is 3. The van der Waals surface area contributed by atoms with Gasteiger partial charge in [0.25, 0.3) is 11.6 Å². The van der Waals surface area contributed by atoms with Crippen molar-refractivity contribution in [2.45, 2.75) is 26.8 Å². The zero-order chi connectivity index (χ0) is 21.3. The Labute approximate surface area is 178 Å². The van der Waals surface area contributed by atoms with E-state index in [4.69, 9.17) is 23.8 Å². The fourth-order valence-electron chi connectivity index (χ4n) is 3.11. The van der Waals surface area contributed by atoms with E-state index in [2.05, 4.69) is 16.0 Å². The predicted octanol–water partition coefficient (Wildman–Crippen LogP) is 4.30. The number of thiocarbonyl (C=S) groups is 1. The van der Waals surface area contributed by atoms with E-state index in [-0.39, 0.29) is 16.6 Å². The van der Waals surface area contributed by atoms with Gasteiger partial charge in [-0.1, -0.05) is 23.7 Å². The second kappa shape index (κ2) is 8.18. The molecule has 0 aliphatic carbocycles. The lowest BCUT2D eigenvalue weighted by Crippen LogP contribution is -2.45. The third kappa shape index (κ3) is 4.38. The Hall–Kier alpha value is -2.97. The Balaban J connectivity index is 2.00. The highest BCUT2D eigenvalue weighted by atomic mass is 35.5. The fourth-order valence-corrected chi connectivity index (χ4v) is 3.57. The van der Waals surface area contributed by atoms with Gasteiger partial charge >= 0.3 is 0 Å². The maximum absolute atomic E-state index is 13.1. The minimum atomic E-state index is -0.661. The summed E-state index contributed by atoms with van der Waals surface area (Å²) in [7, 11) is 0. The molecule has 1 aliphatic heterocycles. The topological polar surface area (TPSA) is 96.3 Å². The number of halogens is 1. The van der Waals surface area contributed by atoms with Crippen LogP contribution in [0.5, 0.6) is 0 Å². The Morgan fingerprint density at radius 1 is 1.17 bits per heavy atom. The number of benzene rings is 2. The molecule has 0 saturated carbocycles. The van der Waals surface area contributed by atoms with Crippen molar-refractivity contribution in [1.29, 1.82) is 0 Å². The van der Waals surface area contributed by atoms with Gasteiger partial charge in [0.05, 0.1) is 16.5 Å². The number of hydrogen-bond donors (Lipinski definition) is 3. The second-order valence-corrected chi connectivity index (χ2v) is 7.61. The van der Waals surface area contributed by atoms with Crippen LogP contribution in [0.1, 0.15) is 29.7 Å². The van der Waals surface area contributed by atoms with Gasteiger partial charge in [-0.2, -0.15) is 0 Å². The third-order valence-electron chi connectivity index (χ3n) is 4.78. The molecule has 150 valence electrons. The van der Waals surface area contributed by atoms with Crippen LogP contribution in [0.3, 0.4) is 0 Å². The van der Waals surface area contributed by atoms with Gasteiger partial charge in [0.2, 0.25) is 0 Å².